The van der Waals surface area contributed by atoms with Gasteiger partial charge in [0.15, 0.2) is 0 Å². The third-order valence-electron chi connectivity index (χ3n) is 6.30. The molecular formula is C24H33N3O2. The molecule has 0 radical (unpaired) electrons. The summed E-state index contributed by atoms with van der Waals surface area (Å²) in [7, 11) is 0. The Morgan fingerprint density at radius 1 is 1.28 bits per heavy atom. The molecule has 4 rings (SSSR count). The number of amides is 1. The lowest BCUT2D eigenvalue weighted by Crippen LogP contribution is -2.45. The number of furan rings is 1. The number of nitrogens with zero attached hydrogens (tertiary/aromatic N) is 2. The predicted molar refractivity (Wildman–Crippen MR) is 116 cm³/mol. The van der Waals surface area contributed by atoms with Gasteiger partial charge in [0.1, 0.15) is 5.76 Å². The lowest BCUT2D eigenvalue weighted by Gasteiger charge is -2.32. The van der Waals surface area contributed by atoms with Crippen LogP contribution in [0.3, 0.4) is 0 Å². The quantitative estimate of drug-likeness (QED) is 0.801. The van der Waals surface area contributed by atoms with Crippen molar-refractivity contribution in [3.8, 4) is 0 Å². The molecule has 0 bridgehead atoms. The number of carbonyl (C=O) groups excluding carboxylic acids is 1. The Balaban J connectivity index is 1.39. The second kappa shape index (κ2) is 8.62. The van der Waals surface area contributed by atoms with Gasteiger partial charge in [-0.2, -0.15) is 0 Å². The predicted octanol–water partition coefficient (Wildman–Crippen LogP) is 4.08. The van der Waals surface area contributed by atoms with Crippen LogP contribution in [-0.2, 0) is 13.0 Å². The van der Waals surface area contributed by atoms with Gasteiger partial charge in [-0.05, 0) is 63.3 Å². The third kappa shape index (κ3) is 4.50. The summed E-state index contributed by atoms with van der Waals surface area (Å²) in [6.45, 7) is 10.4. The summed E-state index contributed by atoms with van der Waals surface area (Å²) in [5.41, 5.74) is 3.26. The molecule has 2 aromatic rings. The topological polar surface area (TPSA) is 48.7 Å². The van der Waals surface area contributed by atoms with Crippen molar-refractivity contribution in [3.05, 3.63) is 53.5 Å². The van der Waals surface area contributed by atoms with E-state index in [-0.39, 0.29) is 11.9 Å². The molecule has 5 nitrogen and oxygen atoms in total. The summed E-state index contributed by atoms with van der Waals surface area (Å²) in [5, 5.41) is 3.18. The van der Waals surface area contributed by atoms with Crippen molar-refractivity contribution in [2.45, 2.75) is 58.7 Å². The van der Waals surface area contributed by atoms with Crippen LogP contribution in [0.15, 0.2) is 41.0 Å². The first-order valence-corrected chi connectivity index (χ1v) is 11.0. The van der Waals surface area contributed by atoms with E-state index in [1.165, 1.54) is 24.1 Å². The molecule has 1 amide bonds. The van der Waals surface area contributed by atoms with Crippen LogP contribution in [0.4, 0.5) is 5.69 Å². The molecule has 0 spiro atoms. The monoisotopic (exact) mass is 395 g/mol. The highest BCUT2D eigenvalue weighted by Crippen LogP contribution is 2.33. The fraction of sp³-hybridized carbons (Fsp3) is 0.542. The van der Waals surface area contributed by atoms with Gasteiger partial charge in [0.2, 0.25) is 0 Å². The van der Waals surface area contributed by atoms with Gasteiger partial charge in [-0.3, -0.25) is 4.79 Å². The largest absolute Gasteiger partial charge is 0.467 e. The van der Waals surface area contributed by atoms with Gasteiger partial charge in [-0.25, -0.2) is 0 Å². The molecule has 3 heterocycles. The number of rotatable bonds is 6. The molecule has 1 saturated heterocycles. The Morgan fingerprint density at radius 2 is 2.10 bits per heavy atom. The molecular weight excluding hydrogens is 362 g/mol. The van der Waals surface area contributed by atoms with Gasteiger partial charge in [0, 0.05) is 30.9 Å². The van der Waals surface area contributed by atoms with Crippen molar-refractivity contribution in [2.24, 2.45) is 5.92 Å². The first kappa shape index (κ1) is 20.0. The van der Waals surface area contributed by atoms with Crippen LogP contribution < -0.4 is 10.2 Å². The zero-order chi connectivity index (χ0) is 20.4. The zero-order valence-corrected chi connectivity index (χ0v) is 17.9. The minimum atomic E-state index is -0.0357. The van der Waals surface area contributed by atoms with Crippen LogP contribution in [0.1, 0.15) is 55.3 Å². The van der Waals surface area contributed by atoms with Crippen molar-refractivity contribution in [1.82, 2.24) is 10.2 Å². The van der Waals surface area contributed by atoms with Crippen LogP contribution in [0.25, 0.3) is 0 Å². The van der Waals surface area contributed by atoms with Gasteiger partial charge < -0.3 is 19.5 Å². The van der Waals surface area contributed by atoms with Gasteiger partial charge >= 0.3 is 0 Å². The number of nitrogens with one attached hydrogen (secondary N) is 1. The smallest absolute Gasteiger partial charge is 0.255 e. The number of anilines is 1. The third-order valence-corrected chi connectivity index (χ3v) is 6.30. The van der Waals surface area contributed by atoms with Crippen LogP contribution >= 0.6 is 0 Å². The van der Waals surface area contributed by atoms with Crippen LogP contribution in [0, 0.1) is 5.92 Å². The van der Waals surface area contributed by atoms with E-state index < -0.39 is 0 Å². The standard InChI is InChI=1S/C24H33N3O2/c1-17-7-6-11-26(14-17)15-18(2)25-24(28)21-10-12-29-23(21)16-27-19(3)13-20-8-4-5-9-22(20)27/h4-5,8-10,12,17-19H,6-7,11,13-16H2,1-3H3,(H,25,28). The number of benzene rings is 1. The Bertz CT molecular complexity index is 846. The first-order valence-electron chi connectivity index (χ1n) is 11.0. The van der Waals surface area contributed by atoms with Crippen molar-refractivity contribution in [3.63, 3.8) is 0 Å². The zero-order valence-electron chi connectivity index (χ0n) is 17.9. The average Bonchev–Trinajstić information content (AvgIpc) is 3.27. The summed E-state index contributed by atoms with van der Waals surface area (Å²) in [5.74, 6) is 1.45. The van der Waals surface area contributed by atoms with Crippen molar-refractivity contribution < 1.29 is 9.21 Å². The number of hydrogen-bond donors (Lipinski definition) is 1. The maximum Gasteiger partial charge on any atom is 0.255 e. The maximum absolute atomic E-state index is 12.9. The van der Waals surface area contributed by atoms with Gasteiger partial charge in [0.25, 0.3) is 5.91 Å². The summed E-state index contributed by atoms with van der Waals surface area (Å²) < 4.78 is 5.74. The van der Waals surface area contributed by atoms with E-state index in [2.05, 4.69) is 60.2 Å². The number of likely N-dealkylation sites (tertiary alicyclic amines) is 1. The van der Waals surface area contributed by atoms with Crippen LogP contribution in [0.5, 0.6) is 0 Å². The molecule has 3 unspecified atom stereocenters. The highest BCUT2D eigenvalue weighted by atomic mass is 16.3. The molecule has 2 aliphatic rings. The average molecular weight is 396 g/mol. The fourth-order valence-electron chi connectivity index (χ4n) is 4.88. The van der Waals surface area contributed by atoms with E-state index in [4.69, 9.17) is 4.42 Å². The Hall–Kier alpha value is -2.27. The number of piperidine rings is 1. The van der Waals surface area contributed by atoms with E-state index in [0.29, 0.717) is 18.2 Å². The molecule has 156 valence electrons. The molecule has 0 aliphatic carbocycles. The minimum absolute atomic E-state index is 0.0357. The molecule has 29 heavy (non-hydrogen) atoms. The molecule has 2 aliphatic heterocycles. The van der Waals surface area contributed by atoms with E-state index in [0.717, 1.165) is 37.7 Å². The summed E-state index contributed by atoms with van der Waals surface area (Å²) in [6.07, 6.45) is 5.23. The number of para-hydroxylation sites is 1. The Morgan fingerprint density at radius 3 is 2.93 bits per heavy atom. The van der Waals surface area contributed by atoms with Gasteiger partial charge in [0.05, 0.1) is 18.4 Å². The molecule has 3 atom stereocenters. The van der Waals surface area contributed by atoms with E-state index in [1.807, 2.05) is 0 Å². The van der Waals surface area contributed by atoms with E-state index in [9.17, 15) is 4.79 Å². The lowest BCUT2D eigenvalue weighted by atomic mass is 10.00. The number of fused-ring (bicyclic) bond motifs is 1. The molecule has 1 N–H and O–H groups in total. The second-order valence-electron chi connectivity index (χ2n) is 8.95. The van der Waals surface area contributed by atoms with Crippen molar-refractivity contribution in [1.29, 1.82) is 0 Å². The van der Waals surface area contributed by atoms with Gasteiger partial charge in [-0.1, -0.05) is 25.1 Å². The summed E-state index contributed by atoms with van der Waals surface area (Å²) in [4.78, 5) is 17.7. The van der Waals surface area contributed by atoms with Crippen LogP contribution in [0.2, 0.25) is 0 Å². The number of hydrogen-bond acceptors (Lipinski definition) is 4. The minimum Gasteiger partial charge on any atom is -0.467 e. The number of carbonyl (C=O) groups is 1. The Labute approximate surface area is 174 Å². The van der Waals surface area contributed by atoms with E-state index >= 15 is 0 Å². The maximum atomic E-state index is 12.9. The Kier molecular flexibility index (Phi) is 5.95. The van der Waals surface area contributed by atoms with E-state index in [1.54, 1.807) is 12.3 Å². The molecule has 0 saturated carbocycles. The SMILES string of the molecule is CC1CCCN(CC(C)NC(=O)c2ccoc2CN2c3ccccc3CC2C)C1. The van der Waals surface area contributed by atoms with Crippen molar-refractivity contribution >= 4 is 11.6 Å². The van der Waals surface area contributed by atoms with Crippen LogP contribution in [-0.4, -0.2) is 42.5 Å². The van der Waals surface area contributed by atoms with Gasteiger partial charge in [-0.15, -0.1) is 0 Å². The highest BCUT2D eigenvalue weighted by Gasteiger charge is 2.28. The highest BCUT2D eigenvalue weighted by molar-refractivity contribution is 5.95. The lowest BCUT2D eigenvalue weighted by molar-refractivity contribution is 0.0918. The molecule has 5 heteroatoms. The molecule has 1 aromatic carbocycles. The molecule has 1 aromatic heterocycles. The first-order chi connectivity index (χ1) is 14.0. The second-order valence-corrected chi connectivity index (χ2v) is 8.95. The van der Waals surface area contributed by atoms with Crippen molar-refractivity contribution in [2.75, 3.05) is 24.5 Å². The summed E-state index contributed by atoms with van der Waals surface area (Å²) in [6, 6.07) is 10.8. The normalized spacial score (nSPS) is 23.1. The molecule has 1 fully saturated rings. The summed E-state index contributed by atoms with van der Waals surface area (Å²) >= 11 is 0. The fourth-order valence-corrected chi connectivity index (χ4v) is 4.88.